The lowest BCUT2D eigenvalue weighted by atomic mass is 10.2. The lowest BCUT2D eigenvalue weighted by Gasteiger charge is -2.16. The van der Waals surface area contributed by atoms with Gasteiger partial charge < -0.3 is 14.8 Å². The van der Waals surface area contributed by atoms with Gasteiger partial charge in [-0.05, 0) is 36.8 Å². The first kappa shape index (κ1) is 15.8. The minimum atomic E-state index is -0.670. The van der Waals surface area contributed by atoms with Gasteiger partial charge in [0.05, 0.1) is 7.11 Å². The number of rotatable bonds is 6. The third-order valence-electron chi connectivity index (χ3n) is 3.12. The summed E-state index contributed by atoms with van der Waals surface area (Å²) in [6.45, 7) is 1.98. The molecule has 4 nitrogen and oxygen atoms in total. The Bertz CT molecular complexity index is 628. The van der Waals surface area contributed by atoms with E-state index < -0.39 is 6.10 Å². The van der Waals surface area contributed by atoms with Gasteiger partial charge in [0.15, 0.2) is 17.6 Å². The highest BCUT2D eigenvalue weighted by Gasteiger charge is 2.16. The number of hydrogen-bond acceptors (Lipinski definition) is 3. The normalized spacial score (nSPS) is 11.6. The smallest absolute Gasteiger partial charge is 0.261 e. The fourth-order valence-corrected chi connectivity index (χ4v) is 1.90. The number of benzene rings is 2. The molecule has 0 unspecified atom stereocenters. The molecule has 2 rings (SSSR count). The van der Waals surface area contributed by atoms with Crippen LogP contribution in [0.3, 0.4) is 0 Å². The summed E-state index contributed by atoms with van der Waals surface area (Å²) in [6.07, 6.45) is -0.670. The van der Waals surface area contributed by atoms with Crippen LogP contribution in [0.5, 0.6) is 11.5 Å². The maximum Gasteiger partial charge on any atom is 0.261 e. The van der Waals surface area contributed by atoms with Crippen LogP contribution in [0, 0.1) is 5.82 Å². The number of methoxy groups -OCH3 is 1. The number of carbonyl (C=O) groups excluding carboxylic acids is 1. The maximum absolute atomic E-state index is 12.8. The molecule has 0 aliphatic rings. The highest BCUT2D eigenvalue weighted by molar-refractivity contribution is 5.80. The highest BCUT2D eigenvalue weighted by Crippen LogP contribution is 2.26. The minimum Gasteiger partial charge on any atom is -0.493 e. The van der Waals surface area contributed by atoms with Crippen molar-refractivity contribution in [1.82, 2.24) is 5.32 Å². The molecule has 0 aromatic heterocycles. The zero-order valence-corrected chi connectivity index (χ0v) is 12.5. The molecule has 0 radical (unpaired) electrons. The van der Waals surface area contributed by atoms with Crippen molar-refractivity contribution in [3.8, 4) is 11.5 Å². The number of halogens is 1. The summed E-state index contributed by atoms with van der Waals surface area (Å²) < 4.78 is 23.6. The highest BCUT2D eigenvalue weighted by atomic mass is 19.1. The van der Waals surface area contributed by atoms with Crippen molar-refractivity contribution >= 4 is 5.91 Å². The molecular weight excluding hydrogens is 285 g/mol. The minimum absolute atomic E-state index is 0.254. The van der Waals surface area contributed by atoms with Crippen LogP contribution in [-0.4, -0.2) is 19.1 Å². The van der Waals surface area contributed by atoms with E-state index in [4.69, 9.17) is 9.47 Å². The fraction of sp³-hybridized carbons (Fsp3) is 0.235. The van der Waals surface area contributed by atoms with Crippen molar-refractivity contribution in [2.45, 2.75) is 19.6 Å². The molecule has 1 amide bonds. The third-order valence-corrected chi connectivity index (χ3v) is 3.12. The number of ether oxygens (including phenoxy) is 2. The van der Waals surface area contributed by atoms with Gasteiger partial charge in [0, 0.05) is 6.54 Å². The topological polar surface area (TPSA) is 47.6 Å². The van der Waals surface area contributed by atoms with Gasteiger partial charge in [0.2, 0.25) is 0 Å². The Kier molecular flexibility index (Phi) is 5.36. The molecule has 0 heterocycles. The summed E-state index contributed by atoms with van der Waals surface area (Å²) in [5, 5.41) is 2.75. The number of hydrogen-bond donors (Lipinski definition) is 1. The van der Waals surface area contributed by atoms with E-state index in [1.165, 1.54) is 12.1 Å². The Hall–Kier alpha value is -2.56. The molecule has 0 saturated heterocycles. The molecule has 1 N–H and O–H groups in total. The van der Waals surface area contributed by atoms with Gasteiger partial charge in [0.1, 0.15) is 5.82 Å². The zero-order valence-electron chi connectivity index (χ0n) is 12.5. The van der Waals surface area contributed by atoms with Gasteiger partial charge >= 0.3 is 0 Å². The molecule has 5 heteroatoms. The molecule has 0 fully saturated rings. The largest absolute Gasteiger partial charge is 0.493 e. The van der Waals surface area contributed by atoms with E-state index in [9.17, 15) is 9.18 Å². The molecule has 0 bridgehead atoms. The van der Waals surface area contributed by atoms with E-state index in [1.54, 1.807) is 44.4 Å². The molecule has 0 saturated carbocycles. The van der Waals surface area contributed by atoms with E-state index in [2.05, 4.69) is 5.32 Å². The van der Waals surface area contributed by atoms with Crippen LogP contribution < -0.4 is 14.8 Å². The SMILES string of the molecule is COc1ccccc1O[C@@H](C)C(=O)NCc1ccc(F)cc1. The molecule has 116 valence electrons. The van der Waals surface area contributed by atoms with Crippen LogP contribution in [0.4, 0.5) is 4.39 Å². The van der Waals surface area contributed by atoms with E-state index in [-0.39, 0.29) is 11.7 Å². The first-order valence-electron chi connectivity index (χ1n) is 6.92. The summed E-state index contributed by atoms with van der Waals surface area (Å²) in [6, 6.07) is 13.1. The van der Waals surface area contributed by atoms with Crippen LogP contribution in [0.2, 0.25) is 0 Å². The van der Waals surface area contributed by atoms with Crippen LogP contribution in [0.15, 0.2) is 48.5 Å². The predicted octanol–water partition coefficient (Wildman–Crippen LogP) is 2.92. The van der Waals surface area contributed by atoms with Crippen LogP contribution in [0.1, 0.15) is 12.5 Å². The van der Waals surface area contributed by atoms with Gasteiger partial charge in [-0.2, -0.15) is 0 Å². The molecule has 0 aliphatic heterocycles. The van der Waals surface area contributed by atoms with Crippen molar-refractivity contribution < 1.29 is 18.7 Å². The Morgan fingerprint density at radius 3 is 2.41 bits per heavy atom. The molecule has 2 aromatic rings. The Morgan fingerprint density at radius 1 is 1.14 bits per heavy atom. The second kappa shape index (κ2) is 7.45. The number of para-hydroxylation sites is 2. The van der Waals surface area contributed by atoms with Crippen LogP contribution >= 0.6 is 0 Å². The van der Waals surface area contributed by atoms with E-state index in [1.807, 2.05) is 6.07 Å². The molecule has 1 atom stereocenters. The Balaban J connectivity index is 1.90. The number of carbonyl (C=O) groups is 1. The third kappa shape index (κ3) is 4.22. The first-order valence-corrected chi connectivity index (χ1v) is 6.92. The Labute approximate surface area is 128 Å². The van der Waals surface area contributed by atoms with Crippen molar-refractivity contribution in [1.29, 1.82) is 0 Å². The van der Waals surface area contributed by atoms with Gasteiger partial charge in [-0.25, -0.2) is 4.39 Å². The summed E-state index contributed by atoms with van der Waals surface area (Å²) >= 11 is 0. The average molecular weight is 303 g/mol. The second-order valence-electron chi connectivity index (χ2n) is 4.76. The summed E-state index contributed by atoms with van der Waals surface area (Å²) in [4.78, 5) is 12.0. The van der Waals surface area contributed by atoms with Crippen molar-refractivity contribution in [3.63, 3.8) is 0 Å². The van der Waals surface area contributed by atoms with Crippen molar-refractivity contribution in [2.75, 3.05) is 7.11 Å². The average Bonchev–Trinajstić information content (AvgIpc) is 2.54. The van der Waals surface area contributed by atoms with E-state index >= 15 is 0 Å². The summed E-state index contributed by atoms with van der Waals surface area (Å²) in [5.74, 6) is 0.522. The van der Waals surface area contributed by atoms with Crippen LogP contribution in [-0.2, 0) is 11.3 Å². The van der Waals surface area contributed by atoms with Crippen LogP contribution in [0.25, 0.3) is 0 Å². The van der Waals surface area contributed by atoms with Gasteiger partial charge in [0.25, 0.3) is 5.91 Å². The lowest BCUT2D eigenvalue weighted by Crippen LogP contribution is -2.35. The monoisotopic (exact) mass is 303 g/mol. The molecule has 22 heavy (non-hydrogen) atoms. The van der Waals surface area contributed by atoms with E-state index in [0.717, 1.165) is 5.56 Å². The zero-order chi connectivity index (χ0) is 15.9. The first-order chi connectivity index (χ1) is 10.6. The molecule has 2 aromatic carbocycles. The van der Waals surface area contributed by atoms with Crippen molar-refractivity contribution in [3.05, 3.63) is 59.9 Å². The Morgan fingerprint density at radius 2 is 1.77 bits per heavy atom. The lowest BCUT2D eigenvalue weighted by molar-refractivity contribution is -0.127. The molecule has 0 spiro atoms. The fourth-order valence-electron chi connectivity index (χ4n) is 1.90. The van der Waals surface area contributed by atoms with Crippen molar-refractivity contribution in [2.24, 2.45) is 0 Å². The second-order valence-corrected chi connectivity index (χ2v) is 4.76. The van der Waals surface area contributed by atoms with Gasteiger partial charge in [-0.1, -0.05) is 24.3 Å². The standard InChI is InChI=1S/C17H18FNO3/c1-12(22-16-6-4-3-5-15(16)21-2)17(20)19-11-13-7-9-14(18)10-8-13/h3-10,12H,11H2,1-2H3,(H,19,20)/t12-/m0/s1. The van der Waals surface area contributed by atoms with E-state index in [0.29, 0.717) is 18.0 Å². The molecular formula is C17H18FNO3. The summed E-state index contributed by atoms with van der Waals surface area (Å²) in [7, 11) is 1.54. The number of nitrogens with one attached hydrogen (secondary N) is 1. The van der Waals surface area contributed by atoms with Gasteiger partial charge in [-0.15, -0.1) is 0 Å². The number of amides is 1. The van der Waals surface area contributed by atoms with Gasteiger partial charge in [-0.3, -0.25) is 4.79 Å². The summed E-state index contributed by atoms with van der Waals surface area (Å²) in [5.41, 5.74) is 0.819. The predicted molar refractivity (Wildman–Crippen MR) is 81.3 cm³/mol. The maximum atomic E-state index is 12.8. The molecule has 0 aliphatic carbocycles. The quantitative estimate of drug-likeness (QED) is 0.892.